The van der Waals surface area contributed by atoms with Gasteiger partial charge in [0, 0.05) is 0 Å². The summed E-state index contributed by atoms with van der Waals surface area (Å²) < 4.78 is 4.66. The number of fused-ring (bicyclic) bond motifs is 1. The van der Waals surface area contributed by atoms with E-state index in [1.54, 1.807) is 6.07 Å². The summed E-state index contributed by atoms with van der Waals surface area (Å²) in [7, 11) is 1.40. The van der Waals surface area contributed by atoms with Crippen LogP contribution in [0.5, 0.6) is 0 Å². The number of carbonyl (C=O) groups is 1. The van der Waals surface area contributed by atoms with Crippen molar-refractivity contribution in [3.05, 3.63) is 41.5 Å². The molecule has 1 aliphatic rings. The van der Waals surface area contributed by atoms with Gasteiger partial charge >= 0.3 is 5.97 Å². The van der Waals surface area contributed by atoms with E-state index in [9.17, 15) is 4.79 Å². The highest BCUT2D eigenvalue weighted by Gasteiger charge is 2.16. The zero-order valence-electron chi connectivity index (χ0n) is 8.17. The van der Waals surface area contributed by atoms with Crippen LogP contribution in [-0.2, 0) is 11.2 Å². The molecule has 0 saturated heterocycles. The molecule has 0 bridgehead atoms. The molecule has 1 aromatic rings. The standard InChI is InChI=1S/C12H12O2/c1-8-3-4-9-7-10(12(13)14-2)5-6-11(8)9/h5-7H,1,3-4H2,2H3. The molecule has 0 spiro atoms. The predicted octanol–water partition coefficient (Wildman–Crippen LogP) is 2.43. The number of benzene rings is 1. The van der Waals surface area contributed by atoms with E-state index in [1.165, 1.54) is 18.2 Å². The first kappa shape index (κ1) is 9.00. The van der Waals surface area contributed by atoms with Crippen LogP contribution in [0.25, 0.3) is 5.57 Å². The zero-order chi connectivity index (χ0) is 10.1. The van der Waals surface area contributed by atoms with Gasteiger partial charge in [0.1, 0.15) is 0 Å². The molecule has 2 heteroatoms. The third-order valence-corrected chi connectivity index (χ3v) is 2.60. The molecule has 1 aromatic carbocycles. The molecular formula is C12H12O2. The Morgan fingerprint density at radius 1 is 1.43 bits per heavy atom. The van der Waals surface area contributed by atoms with Gasteiger partial charge in [-0.15, -0.1) is 0 Å². The van der Waals surface area contributed by atoms with E-state index in [2.05, 4.69) is 11.3 Å². The van der Waals surface area contributed by atoms with E-state index in [1.807, 2.05) is 12.1 Å². The number of hydrogen-bond donors (Lipinski definition) is 0. The molecule has 0 radical (unpaired) electrons. The number of carbonyl (C=O) groups excluding carboxylic acids is 1. The van der Waals surface area contributed by atoms with Crippen LogP contribution < -0.4 is 0 Å². The second kappa shape index (κ2) is 3.29. The molecule has 0 unspecified atom stereocenters. The lowest BCUT2D eigenvalue weighted by Crippen LogP contribution is -2.01. The highest BCUT2D eigenvalue weighted by atomic mass is 16.5. The summed E-state index contributed by atoms with van der Waals surface area (Å²) in [5, 5.41) is 0. The van der Waals surface area contributed by atoms with Gasteiger partial charge in [-0.05, 0) is 41.7 Å². The first-order valence-corrected chi connectivity index (χ1v) is 4.62. The Morgan fingerprint density at radius 2 is 2.21 bits per heavy atom. The summed E-state index contributed by atoms with van der Waals surface area (Å²) in [5.41, 5.74) is 4.19. The Kier molecular flexibility index (Phi) is 2.12. The molecule has 0 fully saturated rings. The summed E-state index contributed by atoms with van der Waals surface area (Å²) in [5.74, 6) is -0.273. The van der Waals surface area contributed by atoms with Crippen LogP contribution in [0.4, 0.5) is 0 Å². The maximum absolute atomic E-state index is 11.3. The molecule has 0 saturated carbocycles. The summed E-state index contributed by atoms with van der Waals surface area (Å²) in [6.07, 6.45) is 1.99. The van der Waals surface area contributed by atoms with Gasteiger partial charge in [-0.3, -0.25) is 0 Å². The lowest BCUT2D eigenvalue weighted by atomic mass is 10.1. The lowest BCUT2D eigenvalue weighted by Gasteiger charge is -2.02. The summed E-state index contributed by atoms with van der Waals surface area (Å²) in [6.45, 7) is 3.97. The minimum Gasteiger partial charge on any atom is -0.465 e. The zero-order valence-corrected chi connectivity index (χ0v) is 8.17. The predicted molar refractivity (Wildman–Crippen MR) is 55.1 cm³/mol. The molecule has 0 aliphatic heterocycles. The van der Waals surface area contributed by atoms with Crippen molar-refractivity contribution in [3.8, 4) is 0 Å². The van der Waals surface area contributed by atoms with Crippen molar-refractivity contribution in [1.82, 2.24) is 0 Å². The second-order valence-corrected chi connectivity index (χ2v) is 3.47. The SMILES string of the molecule is C=C1CCc2cc(C(=O)OC)ccc21. The minimum absolute atomic E-state index is 0.273. The van der Waals surface area contributed by atoms with Gasteiger partial charge in [-0.25, -0.2) is 4.79 Å². The van der Waals surface area contributed by atoms with Crippen molar-refractivity contribution in [3.63, 3.8) is 0 Å². The van der Waals surface area contributed by atoms with Gasteiger partial charge in [0.05, 0.1) is 12.7 Å². The fourth-order valence-corrected chi connectivity index (χ4v) is 1.81. The second-order valence-electron chi connectivity index (χ2n) is 3.47. The number of methoxy groups -OCH3 is 1. The van der Waals surface area contributed by atoms with Crippen LogP contribution in [0, 0.1) is 0 Å². The van der Waals surface area contributed by atoms with Gasteiger partial charge in [-0.1, -0.05) is 12.6 Å². The number of rotatable bonds is 1. The van der Waals surface area contributed by atoms with Gasteiger partial charge in [0.25, 0.3) is 0 Å². The van der Waals surface area contributed by atoms with Crippen molar-refractivity contribution in [1.29, 1.82) is 0 Å². The topological polar surface area (TPSA) is 26.3 Å². The smallest absolute Gasteiger partial charge is 0.337 e. The molecule has 0 N–H and O–H groups in total. The van der Waals surface area contributed by atoms with Crippen LogP contribution in [-0.4, -0.2) is 13.1 Å². The van der Waals surface area contributed by atoms with E-state index in [-0.39, 0.29) is 5.97 Å². The molecule has 0 heterocycles. The normalized spacial score (nSPS) is 13.9. The quantitative estimate of drug-likeness (QED) is 0.633. The van der Waals surface area contributed by atoms with Crippen LogP contribution >= 0.6 is 0 Å². The first-order valence-electron chi connectivity index (χ1n) is 4.62. The van der Waals surface area contributed by atoms with E-state index in [4.69, 9.17) is 0 Å². The molecule has 72 valence electrons. The fourth-order valence-electron chi connectivity index (χ4n) is 1.81. The molecule has 0 aromatic heterocycles. The first-order chi connectivity index (χ1) is 6.72. The highest BCUT2D eigenvalue weighted by Crippen LogP contribution is 2.31. The van der Waals surface area contributed by atoms with Crippen molar-refractivity contribution in [2.24, 2.45) is 0 Å². The van der Waals surface area contributed by atoms with Crippen molar-refractivity contribution in [2.75, 3.05) is 7.11 Å². The van der Waals surface area contributed by atoms with E-state index >= 15 is 0 Å². The van der Waals surface area contributed by atoms with Crippen molar-refractivity contribution >= 4 is 11.5 Å². The highest BCUT2D eigenvalue weighted by molar-refractivity contribution is 5.90. The van der Waals surface area contributed by atoms with Gasteiger partial charge in [0.2, 0.25) is 0 Å². The van der Waals surface area contributed by atoms with Crippen molar-refractivity contribution in [2.45, 2.75) is 12.8 Å². The maximum atomic E-state index is 11.3. The van der Waals surface area contributed by atoms with Crippen molar-refractivity contribution < 1.29 is 9.53 Å². The molecule has 2 nitrogen and oxygen atoms in total. The largest absolute Gasteiger partial charge is 0.465 e. The Morgan fingerprint density at radius 3 is 2.93 bits per heavy atom. The van der Waals surface area contributed by atoms with Crippen LogP contribution in [0.2, 0.25) is 0 Å². The van der Waals surface area contributed by atoms with Crippen LogP contribution in [0.15, 0.2) is 24.8 Å². The molecule has 0 amide bonds. The van der Waals surface area contributed by atoms with Crippen LogP contribution in [0.3, 0.4) is 0 Å². The summed E-state index contributed by atoms with van der Waals surface area (Å²) in [6, 6.07) is 5.65. The fraction of sp³-hybridized carbons (Fsp3) is 0.250. The van der Waals surface area contributed by atoms with Crippen LogP contribution in [0.1, 0.15) is 27.9 Å². The summed E-state index contributed by atoms with van der Waals surface area (Å²) >= 11 is 0. The minimum atomic E-state index is -0.273. The molecular weight excluding hydrogens is 176 g/mol. The number of esters is 1. The Hall–Kier alpha value is -1.57. The Balaban J connectivity index is 2.42. The lowest BCUT2D eigenvalue weighted by molar-refractivity contribution is 0.0600. The number of hydrogen-bond acceptors (Lipinski definition) is 2. The average molecular weight is 188 g/mol. The number of allylic oxidation sites excluding steroid dienone is 1. The third-order valence-electron chi connectivity index (χ3n) is 2.60. The van der Waals surface area contributed by atoms with Gasteiger partial charge in [-0.2, -0.15) is 0 Å². The number of ether oxygens (including phenoxy) is 1. The van der Waals surface area contributed by atoms with E-state index in [0.717, 1.165) is 18.4 Å². The van der Waals surface area contributed by atoms with Gasteiger partial charge in [0.15, 0.2) is 0 Å². The molecule has 2 rings (SSSR count). The van der Waals surface area contributed by atoms with E-state index < -0.39 is 0 Å². The maximum Gasteiger partial charge on any atom is 0.337 e. The average Bonchev–Trinajstić information content (AvgIpc) is 2.59. The Labute approximate surface area is 83.2 Å². The summed E-state index contributed by atoms with van der Waals surface area (Å²) in [4.78, 5) is 11.3. The van der Waals surface area contributed by atoms with Gasteiger partial charge < -0.3 is 4.74 Å². The molecule has 0 atom stereocenters. The number of aryl methyl sites for hydroxylation is 1. The molecule has 1 aliphatic carbocycles. The monoisotopic (exact) mass is 188 g/mol. The van der Waals surface area contributed by atoms with E-state index in [0.29, 0.717) is 5.56 Å². The Bertz CT molecular complexity index is 405. The third kappa shape index (κ3) is 1.33. The molecule has 14 heavy (non-hydrogen) atoms.